The van der Waals surface area contributed by atoms with Crippen LogP contribution in [0.2, 0.25) is 0 Å². The molecular weight excluding hydrogens is 196 g/mol. The molecule has 0 aromatic rings. The van der Waals surface area contributed by atoms with Crippen molar-refractivity contribution in [3.05, 3.63) is 12.2 Å². The van der Waals surface area contributed by atoms with Gasteiger partial charge in [0.25, 0.3) is 0 Å². The molecule has 0 amide bonds. The van der Waals surface area contributed by atoms with Crippen molar-refractivity contribution < 1.29 is 19.0 Å². The zero-order valence-corrected chi connectivity index (χ0v) is 9.23. The maximum atomic E-state index is 10.9. The van der Waals surface area contributed by atoms with Crippen LogP contribution in [-0.4, -0.2) is 32.1 Å². The van der Waals surface area contributed by atoms with Gasteiger partial charge in [0.15, 0.2) is 5.79 Å². The highest BCUT2D eigenvalue weighted by molar-refractivity contribution is 5.66. The molecule has 4 heteroatoms. The van der Waals surface area contributed by atoms with Gasteiger partial charge in [0.05, 0.1) is 5.92 Å². The van der Waals surface area contributed by atoms with Crippen molar-refractivity contribution in [3.63, 3.8) is 0 Å². The predicted octanol–water partition coefficient (Wildman–Crippen LogP) is 1.11. The molecule has 15 heavy (non-hydrogen) atoms. The quantitative estimate of drug-likeness (QED) is 0.399. The first kappa shape index (κ1) is 10.6. The minimum Gasteiger partial charge on any atom is -0.462 e. The predicted molar refractivity (Wildman–Crippen MR) is 53.0 cm³/mol. The van der Waals surface area contributed by atoms with Crippen LogP contribution < -0.4 is 0 Å². The van der Waals surface area contributed by atoms with Crippen LogP contribution in [0.25, 0.3) is 0 Å². The Balaban J connectivity index is 2.18. The van der Waals surface area contributed by atoms with Crippen molar-refractivity contribution in [3.8, 4) is 0 Å². The summed E-state index contributed by atoms with van der Waals surface area (Å²) in [5.41, 5.74) is 0. The van der Waals surface area contributed by atoms with Gasteiger partial charge in [-0.05, 0) is 6.42 Å². The molecule has 1 fully saturated rings. The Hall–Kier alpha value is -0.870. The van der Waals surface area contributed by atoms with E-state index in [9.17, 15) is 4.79 Å². The van der Waals surface area contributed by atoms with E-state index in [1.165, 1.54) is 6.92 Å². The molecule has 0 heterocycles. The highest BCUT2D eigenvalue weighted by Crippen LogP contribution is 2.51. The van der Waals surface area contributed by atoms with Gasteiger partial charge in [0, 0.05) is 27.1 Å². The van der Waals surface area contributed by atoms with Gasteiger partial charge < -0.3 is 14.2 Å². The van der Waals surface area contributed by atoms with Crippen LogP contribution in [0.5, 0.6) is 0 Å². The average molecular weight is 212 g/mol. The monoisotopic (exact) mass is 212 g/mol. The van der Waals surface area contributed by atoms with Crippen molar-refractivity contribution in [2.45, 2.75) is 25.2 Å². The molecular formula is C11H16O4. The third-order valence-electron chi connectivity index (χ3n) is 3.37. The average Bonchev–Trinajstić information content (AvgIpc) is 2.68. The topological polar surface area (TPSA) is 44.8 Å². The van der Waals surface area contributed by atoms with E-state index in [2.05, 4.69) is 6.08 Å². The summed E-state index contributed by atoms with van der Waals surface area (Å²) in [5.74, 6) is -0.676. The molecule has 0 N–H and O–H groups in total. The Bertz CT molecular complexity index is 293. The standard InChI is InChI=1S/C11H16O4/c1-7(12)15-10-6-8-4-5-9(10)11(8,13-2)14-3/h4-5,8-10H,6H2,1-3H3/t8-,9+,10+/m1/s1. The van der Waals surface area contributed by atoms with Gasteiger partial charge in [0.2, 0.25) is 0 Å². The van der Waals surface area contributed by atoms with Gasteiger partial charge in [-0.15, -0.1) is 0 Å². The van der Waals surface area contributed by atoms with E-state index in [4.69, 9.17) is 14.2 Å². The Kier molecular flexibility index (Phi) is 2.56. The maximum absolute atomic E-state index is 10.9. The van der Waals surface area contributed by atoms with Gasteiger partial charge in [0.1, 0.15) is 6.10 Å². The lowest BCUT2D eigenvalue weighted by Crippen LogP contribution is -2.41. The van der Waals surface area contributed by atoms with Crippen molar-refractivity contribution >= 4 is 5.97 Å². The SMILES string of the molecule is COC1(OC)[C@@H]2C=C[C@H]1[C@@H](OC(C)=O)C2. The molecule has 0 aliphatic heterocycles. The number of methoxy groups -OCH3 is 2. The first-order valence-corrected chi connectivity index (χ1v) is 5.10. The van der Waals surface area contributed by atoms with Crippen LogP contribution in [0.3, 0.4) is 0 Å². The Morgan fingerprint density at radius 3 is 2.47 bits per heavy atom. The molecule has 2 bridgehead atoms. The molecule has 2 aliphatic carbocycles. The van der Waals surface area contributed by atoms with Crippen LogP contribution in [0.4, 0.5) is 0 Å². The van der Waals surface area contributed by atoms with Crippen molar-refractivity contribution in [1.82, 2.24) is 0 Å². The number of esters is 1. The molecule has 2 aliphatic rings. The molecule has 0 aromatic heterocycles. The molecule has 0 spiro atoms. The smallest absolute Gasteiger partial charge is 0.302 e. The van der Waals surface area contributed by atoms with E-state index in [1.807, 2.05) is 6.08 Å². The lowest BCUT2D eigenvalue weighted by Gasteiger charge is -2.31. The summed E-state index contributed by atoms with van der Waals surface area (Å²) in [7, 11) is 3.26. The molecule has 0 aromatic carbocycles. The zero-order valence-electron chi connectivity index (χ0n) is 9.23. The van der Waals surface area contributed by atoms with Crippen molar-refractivity contribution in [2.75, 3.05) is 14.2 Å². The van der Waals surface area contributed by atoms with Crippen LogP contribution in [0, 0.1) is 11.8 Å². The molecule has 1 saturated carbocycles. The first-order valence-electron chi connectivity index (χ1n) is 5.10. The summed E-state index contributed by atoms with van der Waals surface area (Å²) in [6.07, 6.45) is 4.77. The third kappa shape index (κ3) is 1.40. The van der Waals surface area contributed by atoms with Crippen LogP contribution >= 0.6 is 0 Å². The van der Waals surface area contributed by atoms with E-state index in [0.717, 1.165) is 6.42 Å². The molecule has 84 valence electrons. The van der Waals surface area contributed by atoms with Crippen LogP contribution in [0.15, 0.2) is 12.2 Å². The van der Waals surface area contributed by atoms with E-state index in [-0.39, 0.29) is 23.9 Å². The number of hydrogen-bond donors (Lipinski definition) is 0. The lowest BCUT2D eigenvalue weighted by molar-refractivity contribution is -0.235. The van der Waals surface area contributed by atoms with Gasteiger partial charge in [-0.3, -0.25) is 4.79 Å². The summed E-state index contributed by atoms with van der Waals surface area (Å²) in [6, 6.07) is 0. The van der Waals surface area contributed by atoms with Crippen molar-refractivity contribution in [1.29, 1.82) is 0 Å². The molecule has 0 unspecified atom stereocenters. The van der Waals surface area contributed by atoms with E-state index >= 15 is 0 Å². The Morgan fingerprint density at radius 2 is 2.00 bits per heavy atom. The highest BCUT2D eigenvalue weighted by atomic mass is 16.7. The van der Waals surface area contributed by atoms with Crippen molar-refractivity contribution in [2.24, 2.45) is 11.8 Å². The largest absolute Gasteiger partial charge is 0.462 e. The summed E-state index contributed by atoms with van der Waals surface area (Å²) in [4.78, 5) is 10.9. The number of fused-ring (bicyclic) bond motifs is 2. The highest BCUT2D eigenvalue weighted by Gasteiger charge is 2.59. The molecule has 0 radical (unpaired) electrons. The molecule has 2 rings (SSSR count). The van der Waals surface area contributed by atoms with Gasteiger partial charge in [-0.2, -0.15) is 0 Å². The Morgan fingerprint density at radius 1 is 1.33 bits per heavy atom. The van der Waals surface area contributed by atoms with Gasteiger partial charge in [-0.1, -0.05) is 12.2 Å². The Labute approximate surface area is 89.2 Å². The van der Waals surface area contributed by atoms with Gasteiger partial charge >= 0.3 is 5.97 Å². The van der Waals surface area contributed by atoms with E-state index < -0.39 is 5.79 Å². The molecule has 0 saturated heterocycles. The first-order chi connectivity index (χ1) is 7.14. The maximum Gasteiger partial charge on any atom is 0.302 e. The molecule has 3 atom stereocenters. The molecule has 4 nitrogen and oxygen atoms in total. The fourth-order valence-corrected chi connectivity index (χ4v) is 2.78. The zero-order chi connectivity index (χ0) is 11.1. The number of hydrogen-bond acceptors (Lipinski definition) is 4. The fourth-order valence-electron chi connectivity index (χ4n) is 2.78. The van der Waals surface area contributed by atoms with Crippen LogP contribution in [0.1, 0.15) is 13.3 Å². The lowest BCUT2D eigenvalue weighted by atomic mass is 10.0. The second-order valence-electron chi connectivity index (χ2n) is 4.03. The summed E-state index contributed by atoms with van der Waals surface area (Å²) in [5, 5.41) is 0. The van der Waals surface area contributed by atoms with E-state index in [1.54, 1.807) is 14.2 Å². The summed E-state index contributed by atoms with van der Waals surface area (Å²) >= 11 is 0. The third-order valence-corrected chi connectivity index (χ3v) is 3.37. The number of rotatable bonds is 3. The summed E-state index contributed by atoms with van der Waals surface area (Å²) < 4.78 is 16.2. The van der Waals surface area contributed by atoms with Crippen LogP contribution in [-0.2, 0) is 19.0 Å². The minimum atomic E-state index is -0.625. The number of carbonyl (C=O) groups is 1. The fraction of sp³-hybridized carbons (Fsp3) is 0.727. The number of carbonyl (C=O) groups excluding carboxylic acids is 1. The van der Waals surface area contributed by atoms with Gasteiger partial charge in [-0.25, -0.2) is 0 Å². The summed E-state index contributed by atoms with van der Waals surface area (Å²) in [6.45, 7) is 1.43. The number of ether oxygens (including phenoxy) is 3. The van der Waals surface area contributed by atoms with E-state index in [0.29, 0.717) is 0 Å². The minimum absolute atomic E-state index is 0.0152. The normalized spacial score (nSPS) is 35.8. The second kappa shape index (κ2) is 3.61. The second-order valence-corrected chi connectivity index (χ2v) is 4.03.